The van der Waals surface area contributed by atoms with Crippen molar-refractivity contribution in [2.45, 2.75) is 39.0 Å². The van der Waals surface area contributed by atoms with E-state index in [0.717, 1.165) is 17.7 Å². The molecule has 0 aliphatic heterocycles. The average molecular weight is 399 g/mol. The van der Waals surface area contributed by atoms with Crippen LogP contribution in [0.5, 0.6) is 0 Å². The number of amides is 1. The second-order valence-corrected chi connectivity index (χ2v) is 7.11. The Balaban J connectivity index is 2.14. The summed E-state index contributed by atoms with van der Waals surface area (Å²) >= 11 is 6.00. The molecule has 0 heterocycles. The normalized spacial score (nSPS) is 13.9. The highest BCUT2D eigenvalue weighted by Gasteiger charge is 2.31. The van der Waals surface area contributed by atoms with Crippen LogP contribution in [-0.2, 0) is 11.0 Å². The average Bonchev–Trinajstić information content (AvgIpc) is 2.60. The van der Waals surface area contributed by atoms with Crippen molar-refractivity contribution in [3.63, 3.8) is 0 Å². The Kier molecular flexibility index (Phi) is 6.76. The quantitative estimate of drug-likeness (QED) is 0.658. The van der Waals surface area contributed by atoms with E-state index in [-0.39, 0.29) is 28.6 Å². The second kappa shape index (κ2) is 8.65. The Labute approximate surface area is 161 Å². The van der Waals surface area contributed by atoms with E-state index < -0.39 is 17.8 Å². The molecule has 2 N–H and O–H groups in total. The zero-order chi connectivity index (χ0) is 20.2. The van der Waals surface area contributed by atoms with Gasteiger partial charge >= 0.3 is 6.18 Å². The molecular weight excluding hydrogens is 377 g/mol. The molecule has 146 valence electrons. The van der Waals surface area contributed by atoms with Gasteiger partial charge < -0.3 is 10.6 Å². The van der Waals surface area contributed by atoms with E-state index in [1.165, 1.54) is 6.07 Å². The van der Waals surface area contributed by atoms with E-state index in [1.807, 2.05) is 51.1 Å². The molecule has 0 saturated carbocycles. The number of hydrogen-bond donors (Lipinski definition) is 2. The molecule has 0 unspecified atom stereocenters. The number of benzene rings is 2. The Morgan fingerprint density at radius 3 is 2.19 bits per heavy atom. The van der Waals surface area contributed by atoms with Gasteiger partial charge in [0.05, 0.1) is 22.3 Å². The Morgan fingerprint density at radius 2 is 1.67 bits per heavy atom. The molecule has 0 fully saturated rings. The number of rotatable bonds is 6. The smallest absolute Gasteiger partial charge is 0.372 e. The Hall–Kier alpha value is -2.21. The predicted octanol–water partition coefficient (Wildman–Crippen LogP) is 5.67. The van der Waals surface area contributed by atoms with Gasteiger partial charge in [0.1, 0.15) is 6.04 Å². The van der Waals surface area contributed by atoms with Crippen molar-refractivity contribution >= 4 is 23.2 Å². The van der Waals surface area contributed by atoms with Crippen LogP contribution < -0.4 is 10.6 Å². The summed E-state index contributed by atoms with van der Waals surface area (Å²) in [7, 11) is 0. The monoisotopic (exact) mass is 398 g/mol. The fraction of sp³-hybridized carbons (Fsp3) is 0.350. The molecule has 7 heteroatoms. The molecule has 0 spiro atoms. The molecule has 3 nitrogen and oxygen atoms in total. The van der Waals surface area contributed by atoms with Gasteiger partial charge in [-0.25, -0.2) is 0 Å². The first-order chi connectivity index (χ1) is 12.6. The summed E-state index contributed by atoms with van der Waals surface area (Å²) in [6.07, 6.45) is -4.47. The van der Waals surface area contributed by atoms with Gasteiger partial charge in [-0.3, -0.25) is 4.79 Å². The van der Waals surface area contributed by atoms with Gasteiger partial charge in [0.2, 0.25) is 5.91 Å². The highest BCUT2D eigenvalue weighted by Crippen LogP contribution is 2.34. The first-order valence-electron chi connectivity index (χ1n) is 8.58. The number of carbonyl (C=O) groups is 1. The van der Waals surface area contributed by atoms with Crippen molar-refractivity contribution in [2.24, 2.45) is 5.92 Å². The van der Waals surface area contributed by atoms with Crippen LogP contribution in [-0.4, -0.2) is 11.9 Å². The van der Waals surface area contributed by atoms with Crippen LogP contribution in [0.3, 0.4) is 0 Å². The van der Waals surface area contributed by atoms with Gasteiger partial charge in [0, 0.05) is 0 Å². The molecule has 0 aromatic heterocycles. The van der Waals surface area contributed by atoms with Gasteiger partial charge in [0.25, 0.3) is 0 Å². The second-order valence-electron chi connectivity index (χ2n) is 6.70. The zero-order valence-electron chi connectivity index (χ0n) is 15.3. The highest BCUT2D eigenvalue weighted by molar-refractivity contribution is 6.33. The van der Waals surface area contributed by atoms with Crippen molar-refractivity contribution in [1.82, 2.24) is 5.32 Å². The van der Waals surface area contributed by atoms with E-state index in [2.05, 4.69) is 10.6 Å². The number of carbonyl (C=O) groups excluding carboxylic acids is 1. The van der Waals surface area contributed by atoms with Gasteiger partial charge in [-0.05, 0) is 36.6 Å². The zero-order valence-corrected chi connectivity index (χ0v) is 16.0. The molecule has 0 bridgehead atoms. The maximum Gasteiger partial charge on any atom is 0.416 e. The van der Waals surface area contributed by atoms with Crippen molar-refractivity contribution in [3.8, 4) is 0 Å². The minimum atomic E-state index is -4.47. The van der Waals surface area contributed by atoms with E-state index >= 15 is 0 Å². The third-order valence-electron chi connectivity index (χ3n) is 4.21. The molecule has 2 aromatic carbocycles. The highest BCUT2D eigenvalue weighted by atomic mass is 35.5. The number of halogens is 4. The van der Waals surface area contributed by atoms with Crippen LogP contribution in [0, 0.1) is 5.92 Å². The van der Waals surface area contributed by atoms with Crippen LogP contribution in [0.15, 0.2) is 48.5 Å². The molecular formula is C20H22ClF3N2O. The molecule has 0 saturated heterocycles. The maximum absolute atomic E-state index is 12.8. The fourth-order valence-corrected chi connectivity index (χ4v) is 2.87. The van der Waals surface area contributed by atoms with Crippen LogP contribution in [0.2, 0.25) is 5.02 Å². The van der Waals surface area contributed by atoms with Gasteiger partial charge in [-0.1, -0.05) is 55.8 Å². The molecule has 0 aliphatic rings. The Morgan fingerprint density at radius 1 is 1.04 bits per heavy atom. The van der Waals surface area contributed by atoms with E-state index in [4.69, 9.17) is 11.6 Å². The SMILES string of the molecule is CC(C)[C@H](Nc1ccc(C(F)(F)F)cc1Cl)C(=O)N[C@H](C)c1ccccc1. The third-order valence-corrected chi connectivity index (χ3v) is 4.53. The lowest BCUT2D eigenvalue weighted by molar-refractivity contribution is -0.137. The van der Waals surface area contributed by atoms with Crippen molar-refractivity contribution < 1.29 is 18.0 Å². The van der Waals surface area contributed by atoms with E-state index in [1.54, 1.807) is 0 Å². The summed E-state index contributed by atoms with van der Waals surface area (Å²) in [5.41, 5.74) is 0.410. The number of nitrogens with one attached hydrogen (secondary N) is 2. The largest absolute Gasteiger partial charge is 0.416 e. The molecule has 0 radical (unpaired) electrons. The Bertz CT molecular complexity index is 779. The topological polar surface area (TPSA) is 41.1 Å². The summed E-state index contributed by atoms with van der Waals surface area (Å²) in [5, 5.41) is 5.82. The lowest BCUT2D eigenvalue weighted by Crippen LogP contribution is -2.43. The molecule has 2 rings (SSSR count). The summed E-state index contributed by atoms with van der Waals surface area (Å²) in [5.74, 6) is -0.358. The molecule has 27 heavy (non-hydrogen) atoms. The molecule has 2 atom stereocenters. The van der Waals surface area contributed by atoms with Crippen molar-refractivity contribution in [3.05, 3.63) is 64.7 Å². The lowest BCUT2D eigenvalue weighted by atomic mass is 10.0. The molecule has 1 amide bonds. The number of hydrogen-bond acceptors (Lipinski definition) is 2. The van der Waals surface area contributed by atoms with Gasteiger partial charge in [-0.2, -0.15) is 13.2 Å². The summed E-state index contributed by atoms with van der Waals surface area (Å²) in [6.45, 7) is 5.57. The molecule has 0 aliphatic carbocycles. The van der Waals surface area contributed by atoms with Crippen molar-refractivity contribution in [1.29, 1.82) is 0 Å². The molecule has 2 aromatic rings. The predicted molar refractivity (Wildman–Crippen MR) is 102 cm³/mol. The first-order valence-corrected chi connectivity index (χ1v) is 8.96. The minimum Gasteiger partial charge on any atom is -0.372 e. The minimum absolute atomic E-state index is 0.0839. The van der Waals surface area contributed by atoms with Gasteiger partial charge in [0.15, 0.2) is 0 Å². The summed E-state index contributed by atoms with van der Waals surface area (Å²) in [6, 6.07) is 11.7. The van der Waals surface area contributed by atoms with E-state index in [0.29, 0.717) is 0 Å². The standard InChI is InChI=1S/C20H22ClF3N2O/c1-12(2)18(19(27)25-13(3)14-7-5-4-6-8-14)26-17-10-9-15(11-16(17)21)20(22,23)24/h4-13,18,26H,1-3H3,(H,25,27)/t13-,18+/m1/s1. The van der Waals surface area contributed by atoms with Crippen LogP contribution in [0.1, 0.15) is 37.9 Å². The van der Waals surface area contributed by atoms with Crippen LogP contribution in [0.25, 0.3) is 0 Å². The van der Waals surface area contributed by atoms with Crippen LogP contribution >= 0.6 is 11.6 Å². The summed E-state index contributed by atoms with van der Waals surface area (Å²) in [4.78, 5) is 12.7. The number of alkyl halides is 3. The maximum atomic E-state index is 12.8. The summed E-state index contributed by atoms with van der Waals surface area (Å²) < 4.78 is 38.3. The van der Waals surface area contributed by atoms with Crippen LogP contribution in [0.4, 0.5) is 18.9 Å². The first kappa shape index (κ1) is 21.1. The van der Waals surface area contributed by atoms with E-state index in [9.17, 15) is 18.0 Å². The van der Waals surface area contributed by atoms with Crippen molar-refractivity contribution in [2.75, 3.05) is 5.32 Å². The third kappa shape index (κ3) is 5.63. The van der Waals surface area contributed by atoms with Gasteiger partial charge in [-0.15, -0.1) is 0 Å². The lowest BCUT2D eigenvalue weighted by Gasteiger charge is -2.25. The fourth-order valence-electron chi connectivity index (χ4n) is 2.64. The number of anilines is 1.